The molecule has 0 aliphatic carbocycles. The molecule has 0 saturated heterocycles. The zero-order valence-electron chi connectivity index (χ0n) is 22.1. The number of esters is 2. The van der Waals surface area contributed by atoms with E-state index in [2.05, 4.69) is 4.99 Å². The maximum Gasteiger partial charge on any atom is 0.338 e. The Hall–Kier alpha value is -4.21. The number of nitrogens with zero attached hydrogens (tertiary/aromatic N) is 2. The van der Waals surface area contributed by atoms with Crippen LogP contribution in [-0.2, 0) is 14.3 Å². The standard InChI is InChI=1S/C30H25ClN2O6S/c1-16(2)38-29(36)25-17(3)32-30-33(26(25)18-8-10-19(11-9-18)28(35)37-4)27(34)24(40-30)15-22-12-13-23(39-22)20-6-5-7-21(31)14-20/h5-16,26H,1-4H3. The van der Waals surface area contributed by atoms with E-state index in [1.165, 1.54) is 23.0 Å². The molecule has 0 bridgehead atoms. The van der Waals surface area contributed by atoms with Gasteiger partial charge in [0.05, 0.1) is 40.6 Å². The van der Waals surface area contributed by atoms with Crippen LogP contribution < -0.4 is 14.9 Å². The predicted octanol–water partition coefficient (Wildman–Crippen LogP) is 4.89. The average molecular weight is 577 g/mol. The first-order valence-electron chi connectivity index (χ1n) is 12.4. The second-order valence-corrected chi connectivity index (χ2v) is 10.8. The van der Waals surface area contributed by atoms with Gasteiger partial charge >= 0.3 is 11.9 Å². The molecule has 5 rings (SSSR count). The number of hydrogen-bond acceptors (Lipinski definition) is 8. The van der Waals surface area contributed by atoms with Crippen molar-refractivity contribution in [2.75, 3.05) is 7.11 Å². The number of carbonyl (C=O) groups excluding carboxylic acids is 2. The fourth-order valence-electron chi connectivity index (χ4n) is 4.45. The number of carbonyl (C=O) groups is 2. The van der Waals surface area contributed by atoms with Gasteiger partial charge in [-0.05, 0) is 62.7 Å². The first-order valence-corrected chi connectivity index (χ1v) is 13.6. The Labute approximate surface area is 238 Å². The molecular weight excluding hydrogens is 552 g/mol. The van der Waals surface area contributed by atoms with Crippen LogP contribution in [-0.4, -0.2) is 29.7 Å². The largest absolute Gasteiger partial charge is 0.465 e. The number of benzene rings is 2. The molecule has 0 amide bonds. The number of allylic oxidation sites excluding steroid dienone is 1. The zero-order valence-corrected chi connectivity index (χ0v) is 23.7. The summed E-state index contributed by atoms with van der Waals surface area (Å²) >= 11 is 7.31. The minimum absolute atomic E-state index is 0.250. The minimum Gasteiger partial charge on any atom is -0.465 e. The van der Waals surface area contributed by atoms with E-state index in [4.69, 9.17) is 25.5 Å². The molecule has 10 heteroatoms. The van der Waals surface area contributed by atoms with Crippen LogP contribution in [0.1, 0.15) is 48.5 Å². The first kappa shape index (κ1) is 27.4. The molecule has 8 nitrogen and oxygen atoms in total. The van der Waals surface area contributed by atoms with Crippen LogP contribution in [0.2, 0.25) is 5.02 Å². The smallest absolute Gasteiger partial charge is 0.338 e. The number of fused-ring (bicyclic) bond motifs is 1. The predicted molar refractivity (Wildman–Crippen MR) is 152 cm³/mol. The lowest BCUT2D eigenvalue weighted by Crippen LogP contribution is -2.40. The number of hydrogen-bond donors (Lipinski definition) is 0. The SMILES string of the molecule is COC(=O)c1ccc(C2C(C(=O)OC(C)C)=C(C)N=c3sc(=Cc4ccc(-c5cccc(Cl)c5)o4)c(=O)n32)cc1. The number of furan rings is 1. The van der Waals surface area contributed by atoms with E-state index in [0.29, 0.717) is 42.7 Å². The number of rotatable bonds is 6. The molecular formula is C30H25ClN2O6S. The van der Waals surface area contributed by atoms with Crippen LogP contribution in [0.15, 0.2) is 86.1 Å². The molecule has 2 aromatic heterocycles. The Kier molecular flexibility index (Phi) is 7.60. The third-order valence-corrected chi connectivity index (χ3v) is 7.46. The lowest BCUT2D eigenvalue weighted by molar-refractivity contribution is -0.143. The molecule has 0 N–H and O–H groups in total. The average Bonchev–Trinajstić information content (AvgIpc) is 3.51. The summed E-state index contributed by atoms with van der Waals surface area (Å²) < 4.78 is 18.2. The van der Waals surface area contributed by atoms with Gasteiger partial charge in [0.25, 0.3) is 5.56 Å². The first-order chi connectivity index (χ1) is 19.2. The van der Waals surface area contributed by atoms with Crippen molar-refractivity contribution in [1.82, 2.24) is 4.57 Å². The van der Waals surface area contributed by atoms with Crippen molar-refractivity contribution in [1.29, 1.82) is 0 Å². The number of halogens is 1. The summed E-state index contributed by atoms with van der Waals surface area (Å²) in [6.45, 7) is 5.22. The molecule has 1 unspecified atom stereocenters. The van der Waals surface area contributed by atoms with E-state index in [9.17, 15) is 14.4 Å². The summed E-state index contributed by atoms with van der Waals surface area (Å²) in [5.41, 5.74) is 2.13. The van der Waals surface area contributed by atoms with E-state index in [0.717, 1.165) is 5.56 Å². The van der Waals surface area contributed by atoms with Crippen LogP contribution in [0, 0.1) is 0 Å². The quantitative estimate of drug-likeness (QED) is 0.303. The Morgan fingerprint density at radius 3 is 2.52 bits per heavy atom. The zero-order chi connectivity index (χ0) is 28.6. The van der Waals surface area contributed by atoms with Gasteiger partial charge in [0, 0.05) is 16.7 Å². The summed E-state index contributed by atoms with van der Waals surface area (Å²) in [4.78, 5) is 44.1. The Balaban J connectivity index is 1.63. The van der Waals surface area contributed by atoms with E-state index < -0.39 is 18.0 Å². The minimum atomic E-state index is -0.810. The molecule has 3 heterocycles. The van der Waals surface area contributed by atoms with Crippen LogP contribution in [0.5, 0.6) is 0 Å². The van der Waals surface area contributed by atoms with Gasteiger partial charge in [0.1, 0.15) is 11.5 Å². The van der Waals surface area contributed by atoms with Crippen molar-refractivity contribution in [3.8, 4) is 11.3 Å². The summed E-state index contributed by atoms with van der Waals surface area (Å²) in [6.07, 6.45) is 1.29. The van der Waals surface area contributed by atoms with E-state index >= 15 is 0 Å². The topological polar surface area (TPSA) is 100 Å². The van der Waals surface area contributed by atoms with Crippen LogP contribution >= 0.6 is 22.9 Å². The van der Waals surface area contributed by atoms with Gasteiger partial charge in [-0.25, -0.2) is 14.6 Å². The number of ether oxygens (including phenoxy) is 2. The summed E-state index contributed by atoms with van der Waals surface area (Å²) in [5.74, 6) is 0.0380. The molecule has 1 aliphatic rings. The molecule has 1 atom stereocenters. The lowest BCUT2D eigenvalue weighted by Gasteiger charge is -2.25. The van der Waals surface area contributed by atoms with Gasteiger partial charge in [-0.2, -0.15) is 0 Å². The van der Waals surface area contributed by atoms with Crippen molar-refractivity contribution in [2.24, 2.45) is 4.99 Å². The van der Waals surface area contributed by atoms with Crippen molar-refractivity contribution in [3.63, 3.8) is 0 Å². The van der Waals surface area contributed by atoms with Gasteiger partial charge in [-0.15, -0.1) is 0 Å². The van der Waals surface area contributed by atoms with Gasteiger partial charge in [0.15, 0.2) is 4.80 Å². The van der Waals surface area contributed by atoms with Crippen molar-refractivity contribution >= 4 is 41.0 Å². The highest BCUT2D eigenvalue weighted by atomic mass is 35.5. The van der Waals surface area contributed by atoms with Crippen molar-refractivity contribution in [2.45, 2.75) is 32.9 Å². The Morgan fingerprint density at radius 1 is 1.10 bits per heavy atom. The fourth-order valence-corrected chi connectivity index (χ4v) is 5.67. The van der Waals surface area contributed by atoms with Crippen molar-refractivity contribution in [3.05, 3.63) is 114 Å². The molecule has 0 fully saturated rings. The maximum absolute atomic E-state index is 13.8. The number of aromatic nitrogens is 1. The van der Waals surface area contributed by atoms with E-state index in [-0.39, 0.29) is 17.2 Å². The van der Waals surface area contributed by atoms with Crippen LogP contribution in [0.25, 0.3) is 17.4 Å². The Bertz CT molecular complexity index is 1830. The van der Waals surface area contributed by atoms with Gasteiger partial charge in [0.2, 0.25) is 0 Å². The third kappa shape index (κ3) is 5.30. The number of methoxy groups -OCH3 is 1. The molecule has 4 aromatic rings. The van der Waals surface area contributed by atoms with Crippen LogP contribution in [0.4, 0.5) is 0 Å². The lowest BCUT2D eigenvalue weighted by atomic mass is 9.95. The van der Waals surface area contributed by atoms with Gasteiger partial charge < -0.3 is 13.9 Å². The summed E-state index contributed by atoms with van der Waals surface area (Å²) in [5, 5.41) is 0.588. The molecule has 1 aliphatic heterocycles. The summed E-state index contributed by atoms with van der Waals surface area (Å²) in [6, 6.07) is 16.6. The molecule has 0 radical (unpaired) electrons. The summed E-state index contributed by atoms with van der Waals surface area (Å²) in [7, 11) is 1.30. The monoisotopic (exact) mass is 576 g/mol. The molecule has 2 aromatic carbocycles. The highest BCUT2D eigenvalue weighted by Crippen LogP contribution is 2.31. The van der Waals surface area contributed by atoms with E-state index in [1.807, 2.05) is 18.2 Å². The van der Waals surface area contributed by atoms with Crippen molar-refractivity contribution < 1.29 is 23.5 Å². The highest BCUT2D eigenvalue weighted by Gasteiger charge is 2.34. The van der Waals surface area contributed by atoms with Gasteiger partial charge in [-0.3, -0.25) is 9.36 Å². The van der Waals surface area contributed by atoms with Crippen LogP contribution in [0.3, 0.4) is 0 Å². The maximum atomic E-state index is 13.8. The molecule has 0 spiro atoms. The van der Waals surface area contributed by atoms with Gasteiger partial charge in [-0.1, -0.05) is 47.2 Å². The molecule has 0 saturated carbocycles. The number of thiazole rings is 1. The highest BCUT2D eigenvalue weighted by molar-refractivity contribution is 7.07. The Morgan fingerprint density at radius 2 is 1.85 bits per heavy atom. The fraction of sp³-hybridized carbons (Fsp3) is 0.200. The molecule has 204 valence electrons. The third-order valence-electron chi connectivity index (χ3n) is 6.24. The van der Waals surface area contributed by atoms with E-state index in [1.54, 1.807) is 69.3 Å². The molecule has 40 heavy (non-hydrogen) atoms. The second kappa shape index (κ2) is 11.1. The normalized spacial score (nSPS) is 15.2. The second-order valence-electron chi connectivity index (χ2n) is 9.36.